The Kier molecular flexibility index (Phi) is 5.50. The molecule has 0 heterocycles. The van der Waals surface area contributed by atoms with Crippen LogP contribution in [0.15, 0.2) is 0 Å². The first-order valence-corrected chi connectivity index (χ1v) is 6.98. The van der Waals surface area contributed by atoms with Crippen LogP contribution >= 0.6 is 0 Å². The minimum Gasteiger partial charge on any atom is -0.314 e. The molecular weight excluding hydrogens is 239 g/mol. The van der Waals surface area contributed by atoms with Crippen LogP contribution in [0.1, 0.15) is 59.3 Å². The molecule has 0 amide bonds. The van der Waals surface area contributed by atoms with Gasteiger partial charge in [0.05, 0.1) is 6.42 Å². The van der Waals surface area contributed by atoms with E-state index in [2.05, 4.69) is 26.1 Å². The van der Waals surface area contributed by atoms with Crippen molar-refractivity contribution in [2.24, 2.45) is 11.3 Å². The number of hydrogen-bond donors (Lipinski definition) is 1. The molecule has 0 saturated heterocycles. The average molecular weight is 265 g/mol. The van der Waals surface area contributed by atoms with Gasteiger partial charge in [-0.15, -0.1) is 0 Å². The molecule has 0 bridgehead atoms. The fourth-order valence-electron chi connectivity index (χ4n) is 2.79. The fraction of sp³-hybridized carbons (Fsp3) is 1.00. The maximum absolute atomic E-state index is 12.1. The molecule has 108 valence electrons. The van der Waals surface area contributed by atoms with Crippen molar-refractivity contribution < 1.29 is 13.2 Å². The topological polar surface area (TPSA) is 12.0 Å². The van der Waals surface area contributed by atoms with Gasteiger partial charge >= 0.3 is 6.18 Å². The first-order chi connectivity index (χ1) is 8.18. The van der Waals surface area contributed by atoms with Crippen molar-refractivity contribution in [1.82, 2.24) is 5.32 Å². The molecule has 0 aromatic heterocycles. The Bertz CT molecular complexity index is 242. The van der Waals surface area contributed by atoms with E-state index in [0.717, 1.165) is 25.7 Å². The highest BCUT2D eigenvalue weighted by molar-refractivity contribution is 4.81. The van der Waals surface area contributed by atoms with E-state index in [1.54, 1.807) is 0 Å². The lowest BCUT2D eigenvalue weighted by Gasteiger charge is -2.29. The summed E-state index contributed by atoms with van der Waals surface area (Å²) in [6.07, 6.45) is 0.752. The third kappa shape index (κ3) is 6.07. The molecule has 0 aromatic rings. The second kappa shape index (κ2) is 6.27. The maximum atomic E-state index is 12.1. The number of hydrogen-bond acceptors (Lipinski definition) is 1. The third-order valence-corrected chi connectivity index (χ3v) is 4.03. The minimum absolute atomic E-state index is 0.0638. The SMILES string of the molecule is CC(C)(C)C1CCCC(NCCC(F)(F)F)CC1. The molecule has 1 nitrogen and oxygen atoms in total. The quantitative estimate of drug-likeness (QED) is 0.740. The third-order valence-electron chi connectivity index (χ3n) is 4.03. The van der Waals surface area contributed by atoms with Crippen molar-refractivity contribution in [3.63, 3.8) is 0 Å². The molecule has 1 rings (SSSR count). The lowest BCUT2D eigenvalue weighted by Crippen LogP contribution is -2.32. The largest absolute Gasteiger partial charge is 0.390 e. The Labute approximate surface area is 109 Å². The van der Waals surface area contributed by atoms with E-state index in [9.17, 15) is 13.2 Å². The maximum Gasteiger partial charge on any atom is 0.390 e. The standard InChI is InChI=1S/C14H26F3N/c1-13(2,3)11-5-4-6-12(8-7-11)18-10-9-14(15,16)17/h11-12,18H,4-10H2,1-3H3. The van der Waals surface area contributed by atoms with E-state index in [1.807, 2.05) is 0 Å². The molecule has 1 saturated carbocycles. The Balaban J connectivity index is 2.30. The van der Waals surface area contributed by atoms with Gasteiger partial charge in [0.1, 0.15) is 0 Å². The molecule has 0 aliphatic heterocycles. The second-order valence-electron chi connectivity index (χ2n) is 6.59. The van der Waals surface area contributed by atoms with E-state index in [-0.39, 0.29) is 12.6 Å². The van der Waals surface area contributed by atoms with Gasteiger partial charge in [0.15, 0.2) is 0 Å². The van der Waals surface area contributed by atoms with E-state index in [4.69, 9.17) is 0 Å². The van der Waals surface area contributed by atoms with Crippen LogP contribution in [0, 0.1) is 11.3 Å². The highest BCUT2D eigenvalue weighted by atomic mass is 19.4. The van der Waals surface area contributed by atoms with Crippen molar-refractivity contribution in [2.45, 2.75) is 71.5 Å². The number of alkyl halides is 3. The lowest BCUT2D eigenvalue weighted by atomic mass is 9.76. The monoisotopic (exact) mass is 265 g/mol. The van der Waals surface area contributed by atoms with Crippen LogP contribution in [-0.4, -0.2) is 18.8 Å². The first-order valence-electron chi connectivity index (χ1n) is 6.98. The molecule has 2 atom stereocenters. The van der Waals surface area contributed by atoms with Crippen LogP contribution in [-0.2, 0) is 0 Å². The lowest BCUT2D eigenvalue weighted by molar-refractivity contribution is -0.133. The van der Waals surface area contributed by atoms with Gasteiger partial charge in [-0.05, 0) is 37.0 Å². The molecule has 4 heteroatoms. The van der Waals surface area contributed by atoms with Crippen LogP contribution in [0.4, 0.5) is 13.2 Å². The minimum atomic E-state index is -4.04. The molecule has 0 spiro atoms. The molecular formula is C14H26F3N. The zero-order chi connectivity index (χ0) is 13.8. The fourth-order valence-corrected chi connectivity index (χ4v) is 2.79. The zero-order valence-corrected chi connectivity index (χ0v) is 11.7. The summed E-state index contributed by atoms with van der Waals surface area (Å²) in [6, 6.07) is 0.277. The van der Waals surface area contributed by atoms with Gasteiger partial charge in [-0.3, -0.25) is 0 Å². The summed E-state index contributed by atoms with van der Waals surface area (Å²) in [5.74, 6) is 0.701. The summed E-state index contributed by atoms with van der Waals surface area (Å²) in [4.78, 5) is 0. The molecule has 2 unspecified atom stereocenters. The van der Waals surface area contributed by atoms with Crippen LogP contribution in [0.5, 0.6) is 0 Å². The smallest absolute Gasteiger partial charge is 0.314 e. The normalized spacial score (nSPS) is 27.0. The Morgan fingerprint density at radius 1 is 1.00 bits per heavy atom. The number of nitrogens with one attached hydrogen (secondary N) is 1. The van der Waals surface area contributed by atoms with E-state index < -0.39 is 12.6 Å². The highest BCUT2D eigenvalue weighted by Gasteiger charge is 2.29. The molecule has 1 fully saturated rings. The van der Waals surface area contributed by atoms with Gasteiger partial charge < -0.3 is 5.32 Å². The summed E-state index contributed by atoms with van der Waals surface area (Å²) in [5, 5.41) is 3.07. The van der Waals surface area contributed by atoms with Crippen LogP contribution in [0.3, 0.4) is 0 Å². The average Bonchev–Trinajstić information content (AvgIpc) is 2.40. The predicted octanol–water partition coefficient (Wildman–Crippen LogP) is 4.52. The molecule has 1 aliphatic rings. The van der Waals surface area contributed by atoms with E-state index in [1.165, 1.54) is 6.42 Å². The predicted molar refractivity (Wildman–Crippen MR) is 68.5 cm³/mol. The van der Waals surface area contributed by atoms with Crippen molar-refractivity contribution in [3.05, 3.63) is 0 Å². The molecule has 18 heavy (non-hydrogen) atoms. The van der Waals surface area contributed by atoms with Gasteiger partial charge in [-0.1, -0.05) is 27.2 Å². The van der Waals surface area contributed by atoms with Crippen LogP contribution in [0.25, 0.3) is 0 Å². The van der Waals surface area contributed by atoms with Crippen molar-refractivity contribution in [1.29, 1.82) is 0 Å². The van der Waals surface area contributed by atoms with Crippen molar-refractivity contribution in [2.75, 3.05) is 6.54 Å². The first kappa shape index (κ1) is 15.8. The Hall–Kier alpha value is -0.250. The van der Waals surface area contributed by atoms with Crippen molar-refractivity contribution in [3.8, 4) is 0 Å². The zero-order valence-electron chi connectivity index (χ0n) is 11.7. The Morgan fingerprint density at radius 3 is 2.22 bits per heavy atom. The molecule has 1 N–H and O–H groups in total. The van der Waals surface area contributed by atoms with Gasteiger partial charge in [0.25, 0.3) is 0 Å². The van der Waals surface area contributed by atoms with E-state index in [0.29, 0.717) is 11.3 Å². The second-order valence-corrected chi connectivity index (χ2v) is 6.59. The molecule has 1 aliphatic carbocycles. The number of halogens is 3. The highest BCUT2D eigenvalue weighted by Crippen LogP contribution is 2.36. The summed E-state index contributed by atoms with van der Waals surface area (Å²) in [7, 11) is 0. The van der Waals surface area contributed by atoms with E-state index >= 15 is 0 Å². The van der Waals surface area contributed by atoms with Gasteiger partial charge in [-0.2, -0.15) is 13.2 Å². The van der Waals surface area contributed by atoms with Gasteiger partial charge in [-0.25, -0.2) is 0 Å². The van der Waals surface area contributed by atoms with Crippen molar-refractivity contribution >= 4 is 0 Å². The van der Waals surface area contributed by atoms with Gasteiger partial charge in [0.2, 0.25) is 0 Å². The summed E-state index contributed by atoms with van der Waals surface area (Å²) >= 11 is 0. The van der Waals surface area contributed by atoms with Crippen LogP contribution in [0.2, 0.25) is 0 Å². The Morgan fingerprint density at radius 2 is 1.67 bits per heavy atom. The molecule has 0 aromatic carbocycles. The van der Waals surface area contributed by atoms with Crippen LogP contribution < -0.4 is 5.32 Å². The van der Waals surface area contributed by atoms with Gasteiger partial charge in [0, 0.05) is 12.6 Å². The summed E-state index contributed by atoms with van der Waals surface area (Å²) in [5.41, 5.74) is 0.320. The number of rotatable bonds is 3. The summed E-state index contributed by atoms with van der Waals surface area (Å²) in [6.45, 7) is 6.84. The molecule has 0 radical (unpaired) electrons. The summed E-state index contributed by atoms with van der Waals surface area (Å²) < 4.78 is 36.2.